The Bertz CT molecular complexity index is 381. The lowest BCUT2D eigenvalue weighted by Gasteiger charge is -2.14. The highest BCUT2D eigenvalue weighted by Crippen LogP contribution is 2.17. The first-order valence-corrected chi connectivity index (χ1v) is 7.50. The van der Waals surface area contributed by atoms with E-state index in [9.17, 15) is 0 Å². The van der Waals surface area contributed by atoms with E-state index in [4.69, 9.17) is 4.74 Å². The van der Waals surface area contributed by atoms with Gasteiger partial charge in [-0.3, -0.25) is 0 Å². The maximum absolute atomic E-state index is 5.69. The van der Waals surface area contributed by atoms with E-state index in [1.165, 1.54) is 18.5 Å². The maximum Gasteiger partial charge on any atom is 0.105 e. The number of rotatable bonds is 7. The summed E-state index contributed by atoms with van der Waals surface area (Å²) in [7, 11) is 0. The number of hydrogen-bond acceptors (Lipinski definition) is 3. The van der Waals surface area contributed by atoms with E-state index in [1.807, 2.05) is 6.20 Å². The summed E-state index contributed by atoms with van der Waals surface area (Å²) in [6.45, 7) is 10.5. The Morgan fingerprint density at radius 2 is 2.37 bits per heavy atom. The first-order chi connectivity index (χ1) is 9.16. The van der Waals surface area contributed by atoms with E-state index in [1.54, 1.807) is 0 Å². The molecule has 1 atom stereocenters. The van der Waals surface area contributed by atoms with E-state index in [-0.39, 0.29) is 0 Å². The van der Waals surface area contributed by atoms with Crippen LogP contribution in [-0.2, 0) is 17.8 Å². The van der Waals surface area contributed by atoms with Crippen molar-refractivity contribution in [1.29, 1.82) is 0 Å². The van der Waals surface area contributed by atoms with Crippen LogP contribution >= 0.6 is 0 Å². The van der Waals surface area contributed by atoms with Crippen LogP contribution in [0, 0.1) is 12.8 Å². The van der Waals surface area contributed by atoms with Crippen molar-refractivity contribution in [2.24, 2.45) is 5.92 Å². The van der Waals surface area contributed by atoms with Gasteiger partial charge in [0.15, 0.2) is 0 Å². The second-order valence-electron chi connectivity index (χ2n) is 5.90. The molecule has 1 N–H and O–H groups in total. The number of aryl methyl sites for hydroxylation is 1. The highest BCUT2D eigenvalue weighted by atomic mass is 16.5. The van der Waals surface area contributed by atoms with Crippen molar-refractivity contribution < 1.29 is 4.74 Å². The molecule has 1 fully saturated rings. The standard InChI is InChI=1S/C15H27N3O/c1-12(2)9-16-10-14-11-17-13(3)18(14)7-6-15-5-4-8-19-15/h11-12,15-16H,4-10H2,1-3H3. The third-order valence-electron chi connectivity index (χ3n) is 3.70. The molecule has 0 bridgehead atoms. The second kappa shape index (κ2) is 7.06. The normalized spacial score (nSPS) is 19.5. The van der Waals surface area contributed by atoms with E-state index in [2.05, 4.69) is 35.6 Å². The first kappa shape index (κ1) is 14.5. The third kappa shape index (κ3) is 4.32. The van der Waals surface area contributed by atoms with Crippen molar-refractivity contribution in [2.45, 2.75) is 59.2 Å². The molecule has 0 saturated carbocycles. The van der Waals surface area contributed by atoms with Crippen LogP contribution in [0.4, 0.5) is 0 Å². The molecule has 0 spiro atoms. The summed E-state index contributed by atoms with van der Waals surface area (Å²) >= 11 is 0. The van der Waals surface area contributed by atoms with Gasteiger partial charge in [0, 0.05) is 25.9 Å². The second-order valence-corrected chi connectivity index (χ2v) is 5.90. The fourth-order valence-electron chi connectivity index (χ4n) is 2.60. The van der Waals surface area contributed by atoms with Gasteiger partial charge < -0.3 is 14.6 Å². The smallest absolute Gasteiger partial charge is 0.105 e. The average Bonchev–Trinajstić information content (AvgIpc) is 2.97. The highest BCUT2D eigenvalue weighted by Gasteiger charge is 2.16. The summed E-state index contributed by atoms with van der Waals surface area (Å²) in [4.78, 5) is 4.44. The Morgan fingerprint density at radius 3 is 3.05 bits per heavy atom. The Morgan fingerprint density at radius 1 is 1.53 bits per heavy atom. The number of imidazole rings is 1. The minimum atomic E-state index is 0.457. The Labute approximate surface area is 116 Å². The van der Waals surface area contributed by atoms with Crippen LogP contribution in [0.1, 0.15) is 44.6 Å². The SMILES string of the molecule is Cc1ncc(CNCC(C)C)n1CCC1CCCO1. The van der Waals surface area contributed by atoms with Gasteiger partial charge in [-0.2, -0.15) is 0 Å². The van der Waals surface area contributed by atoms with Crippen molar-refractivity contribution in [3.8, 4) is 0 Å². The molecule has 19 heavy (non-hydrogen) atoms. The average molecular weight is 265 g/mol. The van der Waals surface area contributed by atoms with Gasteiger partial charge in [-0.25, -0.2) is 4.98 Å². The van der Waals surface area contributed by atoms with Gasteiger partial charge in [0.2, 0.25) is 0 Å². The summed E-state index contributed by atoms with van der Waals surface area (Å²) in [6.07, 6.45) is 6.00. The number of ether oxygens (including phenoxy) is 1. The molecule has 2 heterocycles. The minimum absolute atomic E-state index is 0.457. The molecule has 4 heteroatoms. The van der Waals surface area contributed by atoms with Gasteiger partial charge in [0.1, 0.15) is 5.82 Å². The predicted octanol–water partition coefficient (Wildman–Crippen LogP) is 2.51. The summed E-state index contributed by atoms with van der Waals surface area (Å²) < 4.78 is 8.02. The highest BCUT2D eigenvalue weighted by molar-refractivity contribution is 5.04. The van der Waals surface area contributed by atoms with Gasteiger partial charge in [-0.05, 0) is 38.6 Å². The number of hydrogen-bond donors (Lipinski definition) is 1. The van der Waals surface area contributed by atoms with E-state index in [0.29, 0.717) is 12.0 Å². The topological polar surface area (TPSA) is 39.1 Å². The lowest BCUT2D eigenvalue weighted by molar-refractivity contribution is 0.1000. The molecule has 4 nitrogen and oxygen atoms in total. The Balaban J connectivity index is 1.85. The molecule has 0 radical (unpaired) electrons. The van der Waals surface area contributed by atoms with Crippen LogP contribution in [-0.4, -0.2) is 28.8 Å². The third-order valence-corrected chi connectivity index (χ3v) is 3.70. The Hall–Kier alpha value is -0.870. The van der Waals surface area contributed by atoms with Crippen LogP contribution in [0.25, 0.3) is 0 Å². The first-order valence-electron chi connectivity index (χ1n) is 7.50. The van der Waals surface area contributed by atoms with Gasteiger partial charge >= 0.3 is 0 Å². The van der Waals surface area contributed by atoms with Gasteiger partial charge in [-0.1, -0.05) is 13.8 Å². The molecule has 1 aromatic heterocycles. The van der Waals surface area contributed by atoms with Crippen LogP contribution in [0.15, 0.2) is 6.20 Å². The van der Waals surface area contributed by atoms with Gasteiger partial charge in [-0.15, -0.1) is 0 Å². The Kier molecular flexibility index (Phi) is 5.40. The van der Waals surface area contributed by atoms with Gasteiger partial charge in [0.05, 0.1) is 11.8 Å². The molecular formula is C15H27N3O. The molecule has 0 amide bonds. The van der Waals surface area contributed by atoms with Crippen LogP contribution in [0.2, 0.25) is 0 Å². The lowest BCUT2D eigenvalue weighted by Crippen LogP contribution is -2.21. The zero-order chi connectivity index (χ0) is 13.7. The molecule has 1 aliphatic heterocycles. The van der Waals surface area contributed by atoms with Crippen molar-refractivity contribution in [2.75, 3.05) is 13.2 Å². The zero-order valence-electron chi connectivity index (χ0n) is 12.5. The molecule has 1 saturated heterocycles. The van der Waals surface area contributed by atoms with E-state index in [0.717, 1.165) is 38.5 Å². The fraction of sp³-hybridized carbons (Fsp3) is 0.800. The van der Waals surface area contributed by atoms with Crippen LogP contribution in [0.5, 0.6) is 0 Å². The molecule has 1 aromatic rings. The summed E-state index contributed by atoms with van der Waals surface area (Å²) in [5, 5.41) is 3.49. The molecule has 0 aliphatic carbocycles. The molecule has 108 valence electrons. The summed E-state index contributed by atoms with van der Waals surface area (Å²) in [5.74, 6) is 1.80. The largest absolute Gasteiger partial charge is 0.378 e. The molecular weight excluding hydrogens is 238 g/mol. The monoisotopic (exact) mass is 265 g/mol. The summed E-state index contributed by atoms with van der Waals surface area (Å²) in [5.41, 5.74) is 1.29. The number of aromatic nitrogens is 2. The molecule has 0 aromatic carbocycles. The van der Waals surface area contributed by atoms with Crippen LogP contribution < -0.4 is 5.32 Å². The molecule has 1 unspecified atom stereocenters. The number of nitrogens with one attached hydrogen (secondary N) is 1. The van der Waals surface area contributed by atoms with Crippen molar-refractivity contribution in [3.05, 3.63) is 17.7 Å². The van der Waals surface area contributed by atoms with E-state index < -0.39 is 0 Å². The fourth-order valence-corrected chi connectivity index (χ4v) is 2.60. The van der Waals surface area contributed by atoms with Crippen molar-refractivity contribution >= 4 is 0 Å². The van der Waals surface area contributed by atoms with Crippen molar-refractivity contribution in [3.63, 3.8) is 0 Å². The predicted molar refractivity (Wildman–Crippen MR) is 77.1 cm³/mol. The lowest BCUT2D eigenvalue weighted by atomic mass is 10.2. The van der Waals surface area contributed by atoms with E-state index >= 15 is 0 Å². The zero-order valence-corrected chi connectivity index (χ0v) is 12.5. The van der Waals surface area contributed by atoms with Gasteiger partial charge in [0.25, 0.3) is 0 Å². The maximum atomic E-state index is 5.69. The quantitative estimate of drug-likeness (QED) is 0.823. The summed E-state index contributed by atoms with van der Waals surface area (Å²) in [6, 6.07) is 0. The van der Waals surface area contributed by atoms with Crippen molar-refractivity contribution in [1.82, 2.24) is 14.9 Å². The number of nitrogens with zero attached hydrogens (tertiary/aromatic N) is 2. The molecule has 2 rings (SSSR count). The minimum Gasteiger partial charge on any atom is -0.378 e. The van der Waals surface area contributed by atoms with Crippen LogP contribution in [0.3, 0.4) is 0 Å². The molecule has 1 aliphatic rings.